The summed E-state index contributed by atoms with van der Waals surface area (Å²) in [4.78, 5) is 17.0. The van der Waals surface area contributed by atoms with Crippen molar-refractivity contribution in [3.63, 3.8) is 0 Å². The van der Waals surface area contributed by atoms with Gasteiger partial charge in [0.05, 0.1) is 23.9 Å². The van der Waals surface area contributed by atoms with Gasteiger partial charge in [-0.25, -0.2) is 4.98 Å². The van der Waals surface area contributed by atoms with Gasteiger partial charge in [0, 0.05) is 16.5 Å². The number of thiazole rings is 1. The lowest BCUT2D eigenvalue weighted by Gasteiger charge is -2.09. The molecule has 0 aliphatic carbocycles. The molecule has 0 spiro atoms. The first kappa shape index (κ1) is 23.2. The molecule has 9 heteroatoms. The second kappa shape index (κ2) is 11.2. The molecular formula is C22H22BrN3O3S2. The Hall–Kier alpha value is -2.49. The average Bonchev–Trinajstić information content (AvgIpc) is 3.22. The number of ether oxygens (including phenoxy) is 2. The zero-order chi connectivity index (χ0) is 22.2. The van der Waals surface area contributed by atoms with Gasteiger partial charge in [0.25, 0.3) is 5.91 Å². The highest BCUT2D eigenvalue weighted by molar-refractivity contribution is 9.10. The number of unbranched alkanes of at least 4 members (excludes halogenated alkanes) is 1. The molecular weight excluding hydrogens is 498 g/mol. The van der Waals surface area contributed by atoms with Gasteiger partial charge in [-0.2, -0.15) is 0 Å². The van der Waals surface area contributed by atoms with E-state index < -0.39 is 0 Å². The molecule has 0 fully saturated rings. The summed E-state index contributed by atoms with van der Waals surface area (Å²) in [5.41, 5.74) is 2.23. The van der Waals surface area contributed by atoms with Crippen molar-refractivity contribution >= 4 is 55.6 Å². The molecule has 6 nitrogen and oxygen atoms in total. The highest BCUT2D eigenvalue weighted by atomic mass is 79.9. The lowest BCUT2D eigenvalue weighted by molar-refractivity contribution is 0.0977. The topological polar surface area (TPSA) is 72.5 Å². The Bertz CT molecular complexity index is 1050. The third-order valence-electron chi connectivity index (χ3n) is 4.28. The molecule has 0 aliphatic heterocycles. The van der Waals surface area contributed by atoms with Gasteiger partial charge < -0.3 is 14.8 Å². The van der Waals surface area contributed by atoms with Crippen LogP contribution in [0, 0.1) is 0 Å². The third-order valence-corrected chi connectivity index (χ3v) is 5.86. The van der Waals surface area contributed by atoms with E-state index >= 15 is 0 Å². The number of benzene rings is 2. The predicted molar refractivity (Wildman–Crippen MR) is 132 cm³/mol. The van der Waals surface area contributed by atoms with Crippen LogP contribution in [-0.4, -0.2) is 29.7 Å². The number of methoxy groups -OCH3 is 1. The first-order valence-corrected chi connectivity index (χ1v) is 11.7. The van der Waals surface area contributed by atoms with Gasteiger partial charge in [0.1, 0.15) is 11.5 Å². The molecule has 0 saturated carbocycles. The lowest BCUT2D eigenvalue weighted by Crippen LogP contribution is -2.34. The summed E-state index contributed by atoms with van der Waals surface area (Å²) < 4.78 is 11.7. The van der Waals surface area contributed by atoms with Crippen molar-refractivity contribution in [2.45, 2.75) is 19.8 Å². The van der Waals surface area contributed by atoms with Gasteiger partial charge in [-0.05, 0) is 77.0 Å². The van der Waals surface area contributed by atoms with Crippen LogP contribution in [0.5, 0.6) is 11.5 Å². The summed E-state index contributed by atoms with van der Waals surface area (Å²) in [6.45, 7) is 2.78. The van der Waals surface area contributed by atoms with Crippen LogP contribution in [0.2, 0.25) is 0 Å². The number of rotatable bonds is 8. The molecule has 0 atom stereocenters. The van der Waals surface area contributed by atoms with Crippen LogP contribution in [0.15, 0.2) is 52.3 Å². The summed E-state index contributed by atoms with van der Waals surface area (Å²) in [5, 5.41) is 8.32. The zero-order valence-corrected chi connectivity index (χ0v) is 20.3. The first-order valence-electron chi connectivity index (χ1n) is 9.64. The van der Waals surface area contributed by atoms with Gasteiger partial charge in [0.2, 0.25) is 0 Å². The van der Waals surface area contributed by atoms with Crippen molar-refractivity contribution in [3.8, 4) is 22.8 Å². The fraction of sp³-hybridized carbons (Fsp3) is 0.227. The molecule has 31 heavy (non-hydrogen) atoms. The van der Waals surface area contributed by atoms with Crippen LogP contribution in [0.4, 0.5) is 5.13 Å². The Kier molecular flexibility index (Phi) is 8.39. The molecule has 3 aromatic rings. The molecule has 0 aliphatic rings. The number of carbonyl (C=O) groups is 1. The van der Waals surface area contributed by atoms with Crippen molar-refractivity contribution in [2.75, 3.05) is 19.0 Å². The minimum Gasteiger partial charge on any atom is -0.496 e. The summed E-state index contributed by atoms with van der Waals surface area (Å²) in [5.74, 6) is 1.20. The maximum Gasteiger partial charge on any atom is 0.257 e. The van der Waals surface area contributed by atoms with Gasteiger partial charge in [-0.15, -0.1) is 11.3 Å². The minimum atomic E-state index is -0.298. The van der Waals surface area contributed by atoms with Crippen molar-refractivity contribution in [3.05, 3.63) is 57.9 Å². The van der Waals surface area contributed by atoms with Crippen LogP contribution >= 0.6 is 39.5 Å². The van der Waals surface area contributed by atoms with Crippen LogP contribution in [-0.2, 0) is 0 Å². The monoisotopic (exact) mass is 519 g/mol. The van der Waals surface area contributed by atoms with Crippen molar-refractivity contribution < 1.29 is 14.3 Å². The Morgan fingerprint density at radius 2 is 2.00 bits per heavy atom. The average molecular weight is 520 g/mol. The normalized spacial score (nSPS) is 10.4. The molecule has 0 bridgehead atoms. The van der Waals surface area contributed by atoms with Crippen LogP contribution in [0.25, 0.3) is 11.3 Å². The zero-order valence-electron chi connectivity index (χ0n) is 17.1. The number of hydrogen-bond donors (Lipinski definition) is 2. The van der Waals surface area contributed by atoms with E-state index in [2.05, 4.69) is 38.5 Å². The summed E-state index contributed by atoms with van der Waals surface area (Å²) in [6, 6.07) is 12.7. The Morgan fingerprint density at radius 1 is 1.23 bits per heavy atom. The molecule has 0 saturated heterocycles. The van der Waals surface area contributed by atoms with E-state index in [9.17, 15) is 4.79 Å². The number of amides is 1. The predicted octanol–water partition coefficient (Wildman–Crippen LogP) is 5.89. The second-order valence-corrected chi connectivity index (χ2v) is 8.64. The second-order valence-electron chi connectivity index (χ2n) is 6.52. The summed E-state index contributed by atoms with van der Waals surface area (Å²) >= 11 is 10.1. The maximum absolute atomic E-state index is 12.4. The molecule has 0 unspecified atom stereocenters. The van der Waals surface area contributed by atoms with E-state index in [1.165, 1.54) is 11.3 Å². The first-order chi connectivity index (χ1) is 15.0. The molecule has 162 valence electrons. The number of halogens is 1. The number of hydrogen-bond acceptors (Lipinski definition) is 6. The van der Waals surface area contributed by atoms with Gasteiger partial charge >= 0.3 is 0 Å². The molecule has 1 amide bonds. The highest BCUT2D eigenvalue weighted by Crippen LogP contribution is 2.32. The number of nitrogens with one attached hydrogen (secondary N) is 2. The smallest absolute Gasteiger partial charge is 0.257 e. The summed E-state index contributed by atoms with van der Waals surface area (Å²) in [6.07, 6.45) is 2.07. The number of carbonyl (C=O) groups excluding carboxylic acids is 1. The molecule has 1 aromatic heterocycles. The SMILES string of the molecule is CCCCOc1ccc(C(=O)NC(=S)Nc2nc(-c3ccc(OC)c(Br)c3)cs2)cc1. The summed E-state index contributed by atoms with van der Waals surface area (Å²) in [7, 11) is 1.62. The number of nitrogens with zero attached hydrogens (tertiary/aromatic N) is 1. The number of thiocarbonyl (C=S) groups is 1. The van der Waals surface area contributed by atoms with Crippen molar-refractivity contribution in [2.24, 2.45) is 0 Å². The fourth-order valence-corrected chi connectivity index (χ4v) is 4.15. The molecule has 3 rings (SSSR count). The van der Waals surface area contributed by atoms with Gasteiger partial charge in [-0.1, -0.05) is 13.3 Å². The number of anilines is 1. The van der Waals surface area contributed by atoms with Crippen LogP contribution < -0.4 is 20.1 Å². The van der Waals surface area contributed by atoms with Crippen LogP contribution in [0.1, 0.15) is 30.1 Å². The Morgan fingerprint density at radius 3 is 2.68 bits per heavy atom. The molecule has 2 aromatic carbocycles. The van der Waals surface area contributed by atoms with E-state index in [1.54, 1.807) is 31.4 Å². The Balaban J connectivity index is 1.56. The van der Waals surface area contributed by atoms with Crippen LogP contribution in [0.3, 0.4) is 0 Å². The lowest BCUT2D eigenvalue weighted by atomic mass is 10.2. The van der Waals surface area contributed by atoms with Gasteiger partial charge in [0.15, 0.2) is 10.2 Å². The maximum atomic E-state index is 12.4. The van der Waals surface area contributed by atoms with Crippen molar-refractivity contribution in [1.29, 1.82) is 0 Å². The molecule has 1 heterocycles. The Labute approximate surface area is 199 Å². The molecule has 2 N–H and O–H groups in total. The van der Waals surface area contributed by atoms with E-state index in [0.717, 1.165) is 40.1 Å². The van der Waals surface area contributed by atoms with E-state index in [4.69, 9.17) is 21.7 Å². The third kappa shape index (κ3) is 6.49. The van der Waals surface area contributed by atoms with E-state index in [0.29, 0.717) is 17.3 Å². The largest absolute Gasteiger partial charge is 0.496 e. The quantitative estimate of drug-likeness (QED) is 0.285. The fourth-order valence-electron chi connectivity index (χ4n) is 2.63. The number of aromatic nitrogens is 1. The standard InChI is InChI=1S/C22H22BrN3O3S2/c1-3-4-11-29-16-8-5-14(6-9-16)20(27)25-21(30)26-22-24-18(13-31-22)15-7-10-19(28-2)17(23)12-15/h5-10,12-13H,3-4,11H2,1-2H3,(H2,24,25,26,27,30). The minimum absolute atomic E-state index is 0.185. The molecule has 0 radical (unpaired) electrons. The van der Waals surface area contributed by atoms with Gasteiger partial charge in [-0.3, -0.25) is 10.1 Å². The van der Waals surface area contributed by atoms with E-state index in [1.807, 2.05) is 23.6 Å². The van der Waals surface area contributed by atoms with Crippen molar-refractivity contribution in [1.82, 2.24) is 10.3 Å². The highest BCUT2D eigenvalue weighted by Gasteiger charge is 2.11. The van der Waals surface area contributed by atoms with E-state index in [-0.39, 0.29) is 11.0 Å².